The third-order valence-corrected chi connectivity index (χ3v) is 4.68. The monoisotopic (exact) mass is 398 g/mol. The molecule has 6 nitrogen and oxygen atoms in total. The minimum Gasteiger partial charge on any atom is -0.481 e. The van der Waals surface area contributed by atoms with Gasteiger partial charge in [-0.15, -0.1) is 0 Å². The number of hydrogen-bond donors (Lipinski definition) is 0. The van der Waals surface area contributed by atoms with Crippen LogP contribution in [0, 0.1) is 18.6 Å². The number of hydrogen-bond acceptors (Lipinski definition) is 5. The van der Waals surface area contributed by atoms with Gasteiger partial charge in [0.2, 0.25) is 11.8 Å². The molecule has 3 aromatic heterocycles. The number of aromatic nitrogens is 4. The summed E-state index contributed by atoms with van der Waals surface area (Å²) in [6, 6.07) is 7.18. The Kier molecular flexibility index (Phi) is 5.00. The number of fused-ring (bicyclic) bond motifs is 3. The van der Waals surface area contributed by atoms with Gasteiger partial charge in [-0.25, -0.2) is 18.7 Å². The SMILES string of the molecule is CCCc1nc(C)c2c(OCc3c(F)cccc3F)nc3ccc(OC)nc3n12. The molecule has 0 radical (unpaired) electrons. The molecule has 150 valence electrons. The summed E-state index contributed by atoms with van der Waals surface area (Å²) in [4.78, 5) is 13.7. The number of pyridine rings is 1. The third kappa shape index (κ3) is 3.35. The molecule has 4 aromatic rings. The van der Waals surface area contributed by atoms with Crippen molar-refractivity contribution in [2.45, 2.75) is 33.3 Å². The zero-order chi connectivity index (χ0) is 20.5. The van der Waals surface area contributed by atoms with E-state index in [1.807, 2.05) is 11.3 Å². The Morgan fingerprint density at radius 3 is 2.48 bits per heavy atom. The van der Waals surface area contributed by atoms with Crippen LogP contribution in [0.2, 0.25) is 0 Å². The molecule has 4 rings (SSSR count). The fraction of sp³-hybridized carbons (Fsp3) is 0.286. The number of imidazole rings is 1. The van der Waals surface area contributed by atoms with E-state index in [2.05, 4.69) is 21.9 Å². The first-order chi connectivity index (χ1) is 14.0. The fourth-order valence-electron chi connectivity index (χ4n) is 3.32. The molecule has 0 spiro atoms. The minimum absolute atomic E-state index is 0.147. The van der Waals surface area contributed by atoms with Crippen molar-refractivity contribution in [3.8, 4) is 11.8 Å². The fourth-order valence-corrected chi connectivity index (χ4v) is 3.32. The van der Waals surface area contributed by atoms with Gasteiger partial charge >= 0.3 is 0 Å². The summed E-state index contributed by atoms with van der Waals surface area (Å²) in [5.41, 5.74) is 2.34. The number of benzene rings is 1. The largest absolute Gasteiger partial charge is 0.481 e. The average molecular weight is 398 g/mol. The van der Waals surface area contributed by atoms with Crippen molar-refractivity contribution >= 4 is 16.7 Å². The lowest BCUT2D eigenvalue weighted by Gasteiger charge is -2.12. The Labute approximate surface area is 166 Å². The Bertz CT molecular complexity index is 1190. The lowest BCUT2D eigenvalue weighted by Crippen LogP contribution is -2.06. The van der Waals surface area contributed by atoms with Crippen LogP contribution in [0.1, 0.15) is 30.4 Å². The van der Waals surface area contributed by atoms with Gasteiger partial charge in [-0.2, -0.15) is 4.98 Å². The zero-order valence-corrected chi connectivity index (χ0v) is 16.4. The van der Waals surface area contributed by atoms with E-state index in [1.165, 1.54) is 18.2 Å². The second kappa shape index (κ2) is 7.62. The van der Waals surface area contributed by atoms with Gasteiger partial charge in [0.25, 0.3) is 0 Å². The van der Waals surface area contributed by atoms with E-state index < -0.39 is 11.6 Å². The maximum absolute atomic E-state index is 14.0. The van der Waals surface area contributed by atoms with Gasteiger partial charge in [-0.1, -0.05) is 13.0 Å². The number of methoxy groups -OCH3 is 1. The molecule has 0 atom stereocenters. The molecule has 0 saturated carbocycles. The Balaban J connectivity index is 1.89. The third-order valence-electron chi connectivity index (χ3n) is 4.68. The van der Waals surface area contributed by atoms with Gasteiger partial charge in [0, 0.05) is 12.5 Å². The predicted molar refractivity (Wildman–Crippen MR) is 104 cm³/mol. The van der Waals surface area contributed by atoms with Crippen LogP contribution in [-0.2, 0) is 13.0 Å². The van der Waals surface area contributed by atoms with Crippen molar-refractivity contribution in [2.24, 2.45) is 0 Å². The van der Waals surface area contributed by atoms with Crippen LogP contribution in [0.4, 0.5) is 8.78 Å². The normalized spacial score (nSPS) is 11.3. The summed E-state index contributed by atoms with van der Waals surface area (Å²) < 4.78 is 40.9. The van der Waals surface area contributed by atoms with Gasteiger partial charge in [0.15, 0.2) is 5.65 Å². The summed E-state index contributed by atoms with van der Waals surface area (Å²) in [7, 11) is 1.55. The summed E-state index contributed by atoms with van der Waals surface area (Å²) in [6.07, 6.45) is 1.62. The highest BCUT2D eigenvalue weighted by molar-refractivity contribution is 5.79. The first kappa shape index (κ1) is 19.0. The molecule has 1 aromatic carbocycles. The van der Waals surface area contributed by atoms with E-state index in [9.17, 15) is 8.78 Å². The molecule has 0 aliphatic heterocycles. The minimum atomic E-state index is -0.662. The lowest BCUT2D eigenvalue weighted by atomic mass is 10.2. The first-order valence-electron chi connectivity index (χ1n) is 9.31. The molecular formula is C21H20F2N4O2. The molecule has 0 aliphatic rings. The zero-order valence-electron chi connectivity index (χ0n) is 16.4. The molecule has 0 bridgehead atoms. The Hall–Kier alpha value is -3.29. The highest BCUT2D eigenvalue weighted by atomic mass is 19.1. The van der Waals surface area contributed by atoms with Crippen LogP contribution < -0.4 is 9.47 Å². The van der Waals surface area contributed by atoms with Crippen LogP contribution in [0.25, 0.3) is 16.7 Å². The van der Waals surface area contributed by atoms with Crippen LogP contribution >= 0.6 is 0 Å². The molecule has 0 unspecified atom stereocenters. The van der Waals surface area contributed by atoms with Gasteiger partial charge < -0.3 is 9.47 Å². The van der Waals surface area contributed by atoms with Crippen LogP contribution in [-0.4, -0.2) is 26.5 Å². The van der Waals surface area contributed by atoms with Gasteiger partial charge in [-0.3, -0.25) is 4.40 Å². The molecule has 0 amide bonds. The predicted octanol–water partition coefficient (Wildman–Crippen LogP) is 4.40. The standard InChI is InChI=1S/C21H20F2N4O2/c1-4-6-17-24-12(2)19-21(29-11-13-14(22)7-5-8-15(13)23)25-16-9-10-18(28-3)26-20(16)27(17)19/h5,7-10H,4,6,11H2,1-3H3. The topological polar surface area (TPSA) is 61.5 Å². The molecular weight excluding hydrogens is 378 g/mol. The summed E-state index contributed by atoms with van der Waals surface area (Å²) >= 11 is 0. The van der Waals surface area contributed by atoms with Gasteiger partial charge in [0.1, 0.15) is 35.1 Å². The average Bonchev–Trinajstić information content (AvgIpc) is 3.04. The first-order valence-corrected chi connectivity index (χ1v) is 9.31. The van der Waals surface area contributed by atoms with Gasteiger partial charge in [0.05, 0.1) is 18.4 Å². The van der Waals surface area contributed by atoms with Crippen LogP contribution in [0.3, 0.4) is 0 Å². The number of halogens is 2. The molecule has 8 heteroatoms. The van der Waals surface area contributed by atoms with Crippen LogP contribution in [0.15, 0.2) is 30.3 Å². The van der Waals surface area contributed by atoms with E-state index in [0.717, 1.165) is 18.7 Å². The number of aryl methyl sites for hydroxylation is 2. The van der Waals surface area contributed by atoms with Crippen molar-refractivity contribution in [2.75, 3.05) is 7.11 Å². The highest BCUT2D eigenvalue weighted by Gasteiger charge is 2.20. The second-order valence-electron chi connectivity index (χ2n) is 6.65. The smallest absolute Gasteiger partial charge is 0.241 e. The Morgan fingerprint density at radius 2 is 1.79 bits per heavy atom. The van der Waals surface area contributed by atoms with Crippen molar-refractivity contribution in [3.05, 3.63) is 59.0 Å². The van der Waals surface area contributed by atoms with E-state index in [1.54, 1.807) is 19.2 Å². The number of ether oxygens (including phenoxy) is 2. The van der Waals surface area contributed by atoms with Crippen molar-refractivity contribution < 1.29 is 18.3 Å². The van der Waals surface area contributed by atoms with Crippen LogP contribution in [0.5, 0.6) is 11.8 Å². The number of nitrogens with zero attached hydrogens (tertiary/aromatic N) is 4. The van der Waals surface area contributed by atoms with Crippen molar-refractivity contribution in [1.82, 2.24) is 19.4 Å². The molecule has 29 heavy (non-hydrogen) atoms. The van der Waals surface area contributed by atoms with Crippen molar-refractivity contribution in [3.63, 3.8) is 0 Å². The molecule has 0 fully saturated rings. The molecule has 0 N–H and O–H groups in total. The summed E-state index contributed by atoms with van der Waals surface area (Å²) in [5, 5.41) is 0. The molecule has 3 heterocycles. The maximum atomic E-state index is 14.0. The van der Waals surface area contributed by atoms with E-state index in [0.29, 0.717) is 28.3 Å². The second-order valence-corrected chi connectivity index (χ2v) is 6.65. The molecule has 0 saturated heterocycles. The highest BCUT2D eigenvalue weighted by Crippen LogP contribution is 2.29. The summed E-state index contributed by atoms with van der Waals surface area (Å²) in [6.45, 7) is 3.62. The maximum Gasteiger partial charge on any atom is 0.241 e. The van der Waals surface area contributed by atoms with E-state index in [-0.39, 0.29) is 18.1 Å². The van der Waals surface area contributed by atoms with Crippen molar-refractivity contribution in [1.29, 1.82) is 0 Å². The Morgan fingerprint density at radius 1 is 1.03 bits per heavy atom. The van der Waals surface area contributed by atoms with E-state index in [4.69, 9.17) is 9.47 Å². The lowest BCUT2D eigenvalue weighted by molar-refractivity contribution is 0.285. The molecule has 0 aliphatic carbocycles. The van der Waals surface area contributed by atoms with E-state index >= 15 is 0 Å². The quantitative estimate of drug-likeness (QED) is 0.482. The van der Waals surface area contributed by atoms with Gasteiger partial charge in [-0.05, 0) is 31.5 Å². The summed E-state index contributed by atoms with van der Waals surface area (Å²) in [5.74, 6) is 0.196. The number of rotatable bonds is 6.